The molecule has 3 aromatic rings. The van der Waals surface area contributed by atoms with E-state index in [2.05, 4.69) is 5.43 Å². The number of hydrogen-bond donors (Lipinski definition) is 2. The van der Waals surface area contributed by atoms with Crippen LogP contribution in [0.2, 0.25) is 0 Å². The summed E-state index contributed by atoms with van der Waals surface area (Å²) in [5.74, 6) is 6.26. The van der Waals surface area contributed by atoms with E-state index in [1.165, 1.54) is 6.07 Å². The lowest BCUT2D eigenvalue weighted by Gasteiger charge is -2.14. The fourth-order valence-corrected chi connectivity index (χ4v) is 2.56. The monoisotopic (exact) mass is 510 g/mol. The van der Waals surface area contributed by atoms with Crippen LogP contribution in [0.1, 0.15) is 52.6 Å². The van der Waals surface area contributed by atoms with Crippen molar-refractivity contribution in [3.63, 3.8) is 0 Å². The zero-order valence-electron chi connectivity index (χ0n) is 18.9. The Balaban J connectivity index is 0.00000114. The van der Waals surface area contributed by atoms with E-state index >= 15 is 0 Å². The zero-order chi connectivity index (χ0) is 23.0. The highest BCUT2D eigenvalue weighted by Crippen LogP contribution is 2.23. The van der Waals surface area contributed by atoms with Gasteiger partial charge in [0.05, 0.1) is 0 Å². The number of ether oxygens (including phenoxy) is 1. The van der Waals surface area contributed by atoms with Gasteiger partial charge in [-0.1, -0.05) is 24.3 Å². The molecule has 33 heavy (non-hydrogen) atoms. The quantitative estimate of drug-likeness (QED) is 0.177. The van der Waals surface area contributed by atoms with Gasteiger partial charge in [-0.2, -0.15) is 0 Å². The maximum absolute atomic E-state index is 12.7. The molecule has 0 saturated heterocycles. The third-order valence-electron chi connectivity index (χ3n) is 4.24. The molecule has 3 aromatic carbocycles. The molecule has 178 valence electrons. The Morgan fingerprint density at radius 3 is 1.82 bits per heavy atom. The van der Waals surface area contributed by atoms with Gasteiger partial charge in [0.1, 0.15) is 11.5 Å². The largest absolute Gasteiger partial charge is 0.457 e. The maximum atomic E-state index is 12.7. The summed E-state index contributed by atoms with van der Waals surface area (Å²) >= 11 is 5.51. The molecule has 0 atom stereocenters. The molecule has 0 unspecified atom stereocenters. The van der Waals surface area contributed by atoms with Crippen LogP contribution in [0.4, 0.5) is 0 Å². The first kappa shape index (κ1) is 30.6. The highest BCUT2D eigenvalue weighted by atomic mass is 35.5. The minimum Gasteiger partial charge on any atom is -0.457 e. The fourth-order valence-electron chi connectivity index (χ4n) is 2.44. The minimum absolute atomic E-state index is 0. The average molecular weight is 512 g/mol. The van der Waals surface area contributed by atoms with Gasteiger partial charge in [-0.3, -0.25) is 20.9 Å². The lowest BCUT2D eigenvalue weighted by Crippen LogP contribution is -2.41. The number of rotatable bonds is 5. The summed E-state index contributed by atoms with van der Waals surface area (Å²) < 4.78 is 5.72. The van der Waals surface area contributed by atoms with E-state index in [9.17, 15) is 9.59 Å². The molecule has 0 bridgehead atoms. The van der Waals surface area contributed by atoms with Crippen molar-refractivity contribution in [2.24, 2.45) is 5.84 Å². The molecule has 0 amide bonds. The molecule has 0 radical (unpaired) electrons. The van der Waals surface area contributed by atoms with E-state index in [1.807, 2.05) is 58.0 Å². The molecule has 0 aliphatic heterocycles. The van der Waals surface area contributed by atoms with E-state index in [0.717, 1.165) is 11.3 Å². The van der Waals surface area contributed by atoms with Crippen LogP contribution in [0, 0.1) is 6.92 Å². The van der Waals surface area contributed by atoms with E-state index in [1.54, 1.807) is 36.4 Å². The van der Waals surface area contributed by atoms with Crippen LogP contribution in [0.3, 0.4) is 0 Å². The predicted octanol–water partition coefficient (Wildman–Crippen LogP) is 6.49. The summed E-state index contributed by atoms with van der Waals surface area (Å²) in [4.78, 5) is 24.0. The van der Waals surface area contributed by atoms with E-state index < -0.39 is 5.24 Å². The van der Waals surface area contributed by atoms with Crippen molar-refractivity contribution < 1.29 is 14.3 Å². The van der Waals surface area contributed by atoms with Gasteiger partial charge in [-0.05, 0) is 93.4 Å². The normalized spacial score (nSPS) is 10.0. The standard InChI is InChI=1S/C21H15ClO3.C4H12N2.2ClH/c1-14-7-8-16(21(22)24)13-19(14)20(23)15-9-11-18(12-10-15)25-17-5-3-2-4-6-17;1-4(2,3)6-5;;/h2-13H,1H3;6H,5H2,1-3H3;2*1H. The fraction of sp³-hybridized carbons (Fsp3) is 0.200. The lowest BCUT2D eigenvalue weighted by atomic mass is 9.97. The van der Waals surface area contributed by atoms with Crippen molar-refractivity contribution in [2.75, 3.05) is 0 Å². The number of para-hydroxylation sites is 1. The number of halogens is 3. The Morgan fingerprint density at radius 1 is 0.848 bits per heavy atom. The van der Waals surface area contributed by atoms with Crippen molar-refractivity contribution in [1.82, 2.24) is 5.43 Å². The molecule has 0 aliphatic carbocycles. The molecule has 3 rings (SSSR count). The van der Waals surface area contributed by atoms with Crippen LogP contribution in [-0.4, -0.2) is 16.6 Å². The third-order valence-corrected chi connectivity index (χ3v) is 4.46. The van der Waals surface area contributed by atoms with Crippen molar-refractivity contribution in [1.29, 1.82) is 0 Å². The summed E-state index contributed by atoms with van der Waals surface area (Å²) in [6.07, 6.45) is 0. The van der Waals surface area contributed by atoms with Crippen molar-refractivity contribution in [3.05, 3.63) is 95.1 Å². The van der Waals surface area contributed by atoms with E-state index in [-0.39, 0.29) is 36.1 Å². The second-order valence-corrected chi connectivity index (χ2v) is 8.31. The summed E-state index contributed by atoms with van der Waals surface area (Å²) in [5, 5.41) is -0.583. The Labute approximate surface area is 212 Å². The van der Waals surface area contributed by atoms with Crippen molar-refractivity contribution in [3.8, 4) is 11.5 Å². The first-order valence-electron chi connectivity index (χ1n) is 9.76. The molecule has 0 aromatic heterocycles. The number of hydrogen-bond acceptors (Lipinski definition) is 5. The number of ketones is 1. The zero-order valence-corrected chi connectivity index (χ0v) is 21.3. The molecule has 3 N–H and O–H groups in total. The Kier molecular flexibility index (Phi) is 13.0. The number of carbonyl (C=O) groups is 2. The summed E-state index contributed by atoms with van der Waals surface area (Å²) in [5.41, 5.74) is 4.74. The highest BCUT2D eigenvalue weighted by molar-refractivity contribution is 6.67. The predicted molar refractivity (Wildman–Crippen MR) is 139 cm³/mol. The number of nitrogens with one attached hydrogen (secondary N) is 1. The second-order valence-electron chi connectivity index (χ2n) is 7.97. The van der Waals surface area contributed by atoms with Crippen LogP contribution >= 0.6 is 36.4 Å². The van der Waals surface area contributed by atoms with Crippen LogP contribution in [-0.2, 0) is 0 Å². The third kappa shape index (κ3) is 9.95. The smallest absolute Gasteiger partial charge is 0.252 e. The average Bonchev–Trinajstić information content (AvgIpc) is 2.74. The van der Waals surface area contributed by atoms with Gasteiger partial charge in [0.15, 0.2) is 5.78 Å². The summed E-state index contributed by atoms with van der Waals surface area (Å²) in [6, 6.07) is 21.2. The Bertz CT molecular complexity index is 1040. The first-order valence-corrected chi connectivity index (χ1v) is 10.1. The molecule has 0 saturated carbocycles. The van der Waals surface area contributed by atoms with Crippen LogP contribution in [0.25, 0.3) is 0 Å². The minimum atomic E-state index is -0.583. The summed E-state index contributed by atoms with van der Waals surface area (Å²) in [6.45, 7) is 7.84. The van der Waals surface area contributed by atoms with E-state index in [4.69, 9.17) is 22.2 Å². The van der Waals surface area contributed by atoms with Crippen LogP contribution in [0.5, 0.6) is 11.5 Å². The van der Waals surface area contributed by atoms with Crippen LogP contribution < -0.4 is 16.0 Å². The number of nitrogens with two attached hydrogens (primary N) is 1. The molecule has 0 fully saturated rings. The molecule has 0 spiro atoms. The second kappa shape index (κ2) is 14.0. The van der Waals surface area contributed by atoms with Crippen LogP contribution in [0.15, 0.2) is 72.8 Å². The highest BCUT2D eigenvalue weighted by Gasteiger charge is 2.14. The van der Waals surface area contributed by atoms with Gasteiger partial charge in [0, 0.05) is 22.2 Å². The van der Waals surface area contributed by atoms with Gasteiger partial charge in [-0.15, -0.1) is 24.8 Å². The molecule has 0 heterocycles. The Hall–Kier alpha value is -2.41. The first-order chi connectivity index (χ1) is 14.6. The number of benzene rings is 3. The number of aryl methyl sites for hydroxylation is 1. The topological polar surface area (TPSA) is 81.4 Å². The molecular formula is C25H29Cl3N2O3. The van der Waals surface area contributed by atoms with Gasteiger partial charge in [-0.25, -0.2) is 0 Å². The number of carbonyl (C=O) groups excluding carboxylic acids is 2. The number of hydrazine groups is 1. The summed E-state index contributed by atoms with van der Waals surface area (Å²) in [7, 11) is 0. The molecule has 8 heteroatoms. The Morgan fingerprint density at radius 2 is 1.33 bits per heavy atom. The van der Waals surface area contributed by atoms with Gasteiger partial charge >= 0.3 is 0 Å². The van der Waals surface area contributed by atoms with Crippen molar-refractivity contribution >= 4 is 47.4 Å². The molecular weight excluding hydrogens is 483 g/mol. The van der Waals surface area contributed by atoms with Gasteiger partial charge < -0.3 is 4.74 Å². The molecule has 0 aliphatic rings. The maximum Gasteiger partial charge on any atom is 0.252 e. The van der Waals surface area contributed by atoms with Gasteiger partial charge in [0.2, 0.25) is 0 Å². The van der Waals surface area contributed by atoms with E-state index in [0.29, 0.717) is 22.4 Å². The van der Waals surface area contributed by atoms with Crippen molar-refractivity contribution in [2.45, 2.75) is 33.2 Å². The lowest BCUT2D eigenvalue weighted by molar-refractivity contribution is 0.103. The van der Waals surface area contributed by atoms with Gasteiger partial charge in [0.25, 0.3) is 5.24 Å². The molecule has 5 nitrogen and oxygen atoms in total. The SMILES string of the molecule is CC(C)(C)NN.Cc1ccc(C(=O)Cl)cc1C(=O)c1ccc(Oc2ccccc2)cc1.Cl.Cl.